The number of ether oxygens (including phenoxy) is 2. The molecule has 0 amide bonds. The van der Waals surface area contributed by atoms with Gasteiger partial charge in [0.1, 0.15) is 22.7 Å². The molecule has 2 nitrogen and oxygen atoms in total. The summed E-state index contributed by atoms with van der Waals surface area (Å²) in [6.45, 7) is 26.7. The van der Waals surface area contributed by atoms with E-state index in [2.05, 4.69) is 95.2 Å². The number of hydrogen-bond acceptors (Lipinski definition) is 2. The van der Waals surface area contributed by atoms with Crippen LogP contribution in [0.2, 0.25) is 0 Å². The summed E-state index contributed by atoms with van der Waals surface area (Å²) in [5.41, 5.74) is 2.13. The third-order valence-corrected chi connectivity index (χ3v) is 6.78. The van der Waals surface area contributed by atoms with Crippen molar-refractivity contribution in [1.29, 1.82) is 0 Å². The molecule has 0 heterocycles. The molecule has 0 aromatic heterocycles. The molecule has 0 saturated carbocycles. The molecule has 0 aliphatic rings. The summed E-state index contributed by atoms with van der Waals surface area (Å²) in [6.07, 6.45) is 4.02. The summed E-state index contributed by atoms with van der Waals surface area (Å²) in [7, 11) is 0. The first-order valence-electron chi connectivity index (χ1n) is 11.2. The lowest BCUT2D eigenvalue weighted by Crippen LogP contribution is -2.31. The van der Waals surface area contributed by atoms with E-state index in [1.165, 1.54) is 11.1 Å². The Balaban J connectivity index is 3.78. The van der Waals surface area contributed by atoms with Crippen LogP contribution < -0.4 is 9.47 Å². The van der Waals surface area contributed by atoms with Crippen molar-refractivity contribution in [3.63, 3.8) is 0 Å². The van der Waals surface area contributed by atoms with E-state index in [0.717, 1.165) is 37.2 Å². The van der Waals surface area contributed by atoms with Gasteiger partial charge in [0.2, 0.25) is 0 Å². The molecular weight excluding hydrogens is 344 g/mol. The Labute approximate surface area is 175 Å². The Morgan fingerprint density at radius 3 is 1.04 bits per heavy atom. The van der Waals surface area contributed by atoms with Gasteiger partial charge in [0, 0.05) is 11.1 Å². The molecule has 2 heteroatoms. The molecule has 0 atom stereocenters. The van der Waals surface area contributed by atoms with Gasteiger partial charge in [0.15, 0.2) is 0 Å². The normalized spacial score (nSPS) is 13.6. The van der Waals surface area contributed by atoms with Crippen molar-refractivity contribution < 1.29 is 9.47 Å². The minimum Gasteiger partial charge on any atom is -0.488 e. The highest BCUT2D eigenvalue weighted by Crippen LogP contribution is 2.45. The molecule has 0 spiro atoms. The lowest BCUT2D eigenvalue weighted by atomic mass is 9.76. The van der Waals surface area contributed by atoms with Crippen LogP contribution in [-0.2, 0) is 10.8 Å². The molecule has 28 heavy (non-hydrogen) atoms. The highest BCUT2D eigenvalue weighted by atomic mass is 16.5. The maximum Gasteiger partial charge on any atom is 0.124 e. The second-order valence-corrected chi connectivity index (χ2v) is 10.8. The molecule has 0 aliphatic carbocycles. The van der Waals surface area contributed by atoms with Crippen LogP contribution in [0.3, 0.4) is 0 Å². The second-order valence-electron chi connectivity index (χ2n) is 10.8. The van der Waals surface area contributed by atoms with E-state index < -0.39 is 0 Å². The van der Waals surface area contributed by atoms with Crippen LogP contribution in [0.4, 0.5) is 0 Å². The van der Waals surface area contributed by atoms with Gasteiger partial charge in [-0.3, -0.25) is 0 Å². The predicted octanol–water partition coefficient (Wildman–Crippen LogP) is 8.20. The summed E-state index contributed by atoms with van der Waals surface area (Å²) in [5, 5.41) is 0. The molecular formula is C26H46O2. The fourth-order valence-electron chi connectivity index (χ4n) is 2.91. The molecule has 162 valence electrons. The molecule has 0 aliphatic heterocycles. The van der Waals surface area contributed by atoms with E-state index in [-0.39, 0.29) is 22.0 Å². The molecule has 0 unspecified atom stereocenters. The molecule has 0 fully saturated rings. The molecule has 0 radical (unpaired) electrons. The highest BCUT2D eigenvalue weighted by Gasteiger charge is 2.33. The van der Waals surface area contributed by atoms with Crippen molar-refractivity contribution in [2.24, 2.45) is 0 Å². The van der Waals surface area contributed by atoms with Gasteiger partial charge in [-0.2, -0.15) is 0 Å². The summed E-state index contributed by atoms with van der Waals surface area (Å²) < 4.78 is 13.2. The van der Waals surface area contributed by atoms with Gasteiger partial charge in [-0.05, 0) is 76.3 Å². The fraction of sp³-hybridized carbons (Fsp3) is 0.769. The smallest absolute Gasteiger partial charge is 0.124 e. The Bertz CT molecular complexity index is 593. The van der Waals surface area contributed by atoms with Gasteiger partial charge in [0.05, 0.1) is 0 Å². The fourth-order valence-corrected chi connectivity index (χ4v) is 2.91. The summed E-state index contributed by atoms with van der Waals surface area (Å²) in [6, 6.07) is 4.55. The van der Waals surface area contributed by atoms with Crippen LogP contribution in [0.5, 0.6) is 11.5 Å². The van der Waals surface area contributed by atoms with Gasteiger partial charge < -0.3 is 9.47 Å². The third-order valence-electron chi connectivity index (χ3n) is 6.78. The lowest BCUT2D eigenvalue weighted by molar-refractivity contribution is 0.0950. The van der Waals surface area contributed by atoms with E-state index in [0.29, 0.717) is 0 Å². The van der Waals surface area contributed by atoms with Gasteiger partial charge in [-0.25, -0.2) is 0 Å². The quantitative estimate of drug-likeness (QED) is 0.401. The zero-order valence-electron chi connectivity index (χ0n) is 20.8. The van der Waals surface area contributed by atoms with E-state index >= 15 is 0 Å². The Kier molecular flexibility index (Phi) is 7.70. The molecule has 0 saturated heterocycles. The monoisotopic (exact) mass is 390 g/mol. The molecule has 1 rings (SSSR count). The molecule has 1 aromatic rings. The number of benzene rings is 1. The predicted molar refractivity (Wildman–Crippen MR) is 123 cm³/mol. The summed E-state index contributed by atoms with van der Waals surface area (Å²) >= 11 is 0. The van der Waals surface area contributed by atoms with Gasteiger partial charge in [0.25, 0.3) is 0 Å². The Morgan fingerprint density at radius 1 is 0.536 bits per heavy atom. The Morgan fingerprint density at radius 2 is 0.821 bits per heavy atom. The van der Waals surface area contributed by atoms with Gasteiger partial charge in [-0.1, -0.05) is 55.4 Å². The number of hydrogen-bond donors (Lipinski definition) is 0. The van der Waals surface area contributed by atoms with Crippen LogP contribution >= 0.6 is 0 Å². The van der Waals surface area contributed by atoms with Crippen LogP contribution in [0, 0.1) is 0 Å². The van der Waals surface area contributed by atoms with Crippen molar-refractivity contribution in [3.05, 3.63) is 23.3 Å². The molecule has 0 N–H and O–H groups in total. The van der Waals surface area contributed by atoms with E-state index in [9.17, 15) is 0 Å². The first-order chi connectivity index (χ1) is 12.6. The van der Waals surface area contributed by atoms with Gasteiger partial charge >= 0.3 is 0 Å². The van der Waals surface area contributed by atoms with Crippen molar-refractivity contribution in [3.8, 4) is 11.5 Å². The lowest BCUT2D eigenvalue weighted by Gasteiger charge is -2.36. The minimum absolute atomic E-state index is 0.0164. The van der Waals surface area contributed by atoms with E-state index in [1.54, 1.807) is 0 Å². The largest absolute Gasteiger partial charge is 0.488 e. The second kappa shape index (κ2) is 8.67. The third kappa shape index (κ3) is 5.91. The maximum absolute atomic E-state index is 6.61. The standard InChI is InChI=1S/C26H46O2/c1-13-23(5,6)19-17-22(28-26(11,12)16-4)20(24(7,8)14-2)18-21(19)27-25(9,10)15-3/h17-18H,13-16H2,1-12H3. The van der Waals surface area contributed by atoms with Gasteiger partial charge in [-0.15, -0.1) is 0 Å². The van der Waals surface area contributed by atoms with Crippen LogP contribution in [0.25, 0.3) is 0 Å². The molecule has 0 bridgehead atoms. The Hall–Kier alpha value is -1.18. The van der Waals surface area contributed by atoms with Crippen molar-refractivity contribution in [1.82, 2.24) is 0 Å². The zero-order valence-corrected chi connectivity index (χ0v) is 20.8. The first kappa shape index (κ1) is 24.9. The average molecular weight is 391 g/mol. The summed E-state index contributed by atoms with van der Waals surface area (Å²) in [4.78, 5) is 0. The average Bonchev–Trinajstić information content (AvgIpc) is 2.61. The zero-order chi connectivity index (χ0) is 22.0. The minimum atomic E-state index is -0.197. The molecule has 1 aromatic carbocycles. The number of rotatable bonds is 10. The van der Waals surface area contributed by atoms with Crippen LogP contribution in [-0.4, -0.2) is 11.2 Å². The highest BCUT2D eigenvalue weighted by molar-refractivity contribution is 5.52. The summed E-state index contributed by atoms with van der Waals surface area (Å²) in [5.74, 6) is 2.02. The van der Waals surface area contributed by atoms with Crippen molar-refractivity contribution in [2.75, 3.05) is 0 Å². The van der Waals surface area contributed by atoms with Crippen molar-refractivity contribution in [2.45, 2.75) is 131 Å². The maximum atomic E-state index is 6.61. The van der Waals surface area contributed by atoms with Crippen LogP contribution in [0.15, 0.2) is 12.1 Å². The first-order valence-corrected chi connectivity index (χ1v) is 11.2. The van der Waals surface area contributed by atoms with Crippen LogP contribution in [0.1, 0.15) is 120 Å². The van der Waals surface area contributed by atoms with E-state index in [4.69, 9.17) is 9.47 Å². The SMILES string of the molecule is CCC(C)(C)Oc1cc(C(C)(C)CC)c(OC(C)(C)CC)cc1C(C)(C)CC. The van der Waals surface area contributed by atoms with Crippen molar-refractivity contribution >= 4 is 0 Å². The van der Waals surface area contributed by atoms with E-state index in [1.807, 2.05) is 0 Å². The topological polar surface area (TPSA) is 18.5 Å².